The van der Waals surface area contributed by atoms with Crippen molar-refractivity contribution in [2.45, 2.75) is 26.3 Å². The average molecular weight is 389 g/mol. The Kier molecular flexibility index (Phi) is 4.62. The third-order valence-electron chi connectivity index (χ3n) is 2.78. The van der Waals surface area contributed by atoms with Gasteiger partial charge in [0.2, 0.25) is 0 Å². The Morgan fingerprint density at radius 1 is 1.32 bits per heavy atom. The van der Waals surface area contributed by atoms with Crippen molar-refractivity contribution < 1.29 is 0 Å². The molecule has 2 rings (SSSR count). The lowest BCUT2D eigenvalue weighted by molar-refractivity contribution is 0.624. The van der Waals surface area contributed by atoms with E-state index in [4.69, 9.17) is 11.6 Å². The predicted molar refractivity (Wildman–Crippen MR) is 85.9 cm³/mol. The van der Waals surface area contributed by atoms with E-state index in [0.29, 0.717) is 6.54 Å². The van der Waals surface area contributed by atoms with E-state index in [1.165, 1.54) is 9.64 Å². The molecule has 0 amide bonds. The summed E-state index contributed by atoms with van der Waals surface area (Å²) in [7, 11) is 0. The maximum absolute atomic E-state index is 12.1. The monoisotopic (exact) mass is 388 g/mol. The molecule has 0 atom stereocenters. The molecule has 0 spiro atoms. The second kappa shape index (κ2) is 6.05. The lowest BCUT2D eigenvalue weighted by Crippen LogP contribution is -2.25. The zero-order chi connectivity index (χ0) is 14.0. The van der Waals surface area contributed by atoms with Crippen LogP contribution in [0.5, 0.6) is 0 Å². The Balaban J connectivity index is 2.44. The van der Waals surface area contributed by atoms with Gasteiger partial charge >= 0.3 is 0 Å². The fourth-order valence-corrected chi connectivity index (χ4v) is 2.41. The molecule has 1 heterocycles. The van der Waals surface area contributed by atoms with Crippen LogP contribution in [0.1, 0.15) is 31.2 Å². The molecule has 0 aliphatic rings. The molecule has 100 valence electrons. The fraction of sp³-hybridized carbons (Fsp3) is 0.286. The molecule has 1 aromatic carbocycles. The van der Waals surface area contributed by atoms with Crippen molar-refractivity contribution >= 4 is 34.2 Å². The van der Waals surface area contributed by atoms with Gasteiger partial charge in [0.05, 0.1) is 6.54 Å². The minimum absolute atomic E-state index is 0.109. The van der Waals surface area contributed by atoms with Crippen LogP contribution in [-0.2, 0) is 6.54 Å². The van der Waals surface area contributed by atoms with Gasteiger partial charge in [-0.05, 0) is 40.3 Å². The van der Waals surface area contributed by atoms with Crippen molar-refractivity contribution in [2.24, 2.45) is 0 Å². The van der Waals surface area contributed by atoms with Gasteiger partial charge in [-0.3, -0.25) is 9.36 Å². The first-order valence-corrected chi connectivity index (χ1v) is 7.45. The first kappa shape index (κ1) is 14.5. The van der Waals surface area contributed by atoms with E-state index in [1.54, 1.807) is 4.57 Å². The zero-order valence-electron chi connectivity index (χ0n) is 10.7. The summed E-state index contributed by atoms with van der Waals surface area (Å²) in [6, 6.07) is 9.46. The van der Waals surface area contributed by atoms with Crippen molar-refractivity contribution in [1.82, 2.24) is 9.55 Å². The molecule has 0 aliphatic carbocycles. The molecule has 0 saturated heterocycles. The average Bonchev–Trinajstić information content (AvgIpc) is 2.34. The highest BCUT2D eigenvalue weighted by atomic mass is 127. The van der Waals surface area contributed by atoms with Crippen LogP contribution in [-0.4, -0.2) is 9.55 Å². The first-order chi connectivity index (χ1) is 8.97. The number of rotatable bonds is 3. The Bertz CT molecular complexity index is 635. The van der Waals surface area contributed by atoms with Gasteiger partial charge in [0.25, 0.3) is 5.56 Å². The zero-order valence-corrected chi connectivity index (χ0v) is 13.6. The number of halogens is 2. The Morgan fingerprint density at radius 2 is 1.95 bits per heavy atom. The molecule has 0 saturated carbocycles. The van der Waals surface area contributed by atoms with Crippen LogP contribution in [0.15, 0.2) is 35.1 Å². The Hall–Kier alpha value is -0.880. The molecule has 5 heteroatoms. The van der Waals surface area contributed by atoms with Crippen LogP contribution in [0.25, 0.3) is 0 Å². The van der Waals surface area contributed by atoms with Gasteiger partial charge in [-0.1, -0.05) is 37.6 Å². The van der Waals surface area contributed by atoms with Crippen molar-refractivity contribution in [3.05, 3.63) is 60.8 Å². The maximum atomic E-state index is 12.1. The minimum atomic E-state index is -0.109. The number of hydrogen-bond donors (Lipinski definition) is 0. The lowest BCUT2D eigenvalue weighted by atomic mass is 10.1. The Labute approximate surface area is 130 Å². The van der Waals surface area contributed by atoms with Crippen molar-refractivity contribution in [3.63, 3.8) is 0 Å². The molecule has 0 radical (unpaired) electrons. The molecular formula is C14H14ClIN2O. The highest BCUT2D eigenvalue weighted by Crippen LogP contribution is 2.15. The van der Waals surface area contributed by atoms with E-state index in [1.807, 2.05) is 38.1 Å². The van der Waals surface area contributed by atoms with Gasteiger partial charge in [-0.2, -0.15) is 0 Å². The van der Waals surface area contributed by atoms with Crippen LogP contribution < -0.4 is 5.56 Å². The smallest absolute Gasteiger partial charge is 0.255 e. The highest BCUT2D eigenvalue weighted by Gasteiger charge is 2.11. The highest BCUT2D eigenvalue weighted by molar-refractivity contribution is 14.1. The lowest BCUT2D eigenvalue weighted by Gasteiger charge is -2.14. The SMILES string of the molecule is CC(C)c1nc(Cl)cc(=O)n1Cc1ccc(I)cc1. The Morgan fingerprint density at radius 3 is 2.53 bits per heavy atom. The van der Waals surface area contributed by atoms with Crippen LogP contribution in [0.3, 0.4) is 0 Å². The fourth-order valence-electron chi connectivity index (χ4n) is 1.87. The van der Waals surface area contributed by atoms with E-state index in [2.05, 4.69) is 27.6 Å². The topological polar surface area (TPSA) is 34.9 Å². The van der Waals surface area contributed by atoms with E-state index in [9.17, 15) is 4.79 Å². The van der Waals surface area contributed by atoms with Crippen LogP contribution in [0.2, 0.25) is 5.15 Å². The second-order valence-corrected chi connectivity index (χ2v) is 6.28. The summed E-state index contributed by atoms with van der Waals surface area (Å²) in [6.07, 6.45) is 0. The number of benzene rings is 1. The van der Waals surface area contributed by atoms with Crippen LogP contribution >= 0.6 is 34.2 Å². The molecule has 0 N–H and O–H groups in total. The summed E-state index contributed by atoms with van der Waals surface area (Å²) in [5, 5.41) is 0.257. The van der Waals surface area contributed by atoms with Crippen molar-refractivity contribution in [1.29, 1.82) is 0 Å². The predicted octanol–water partition coefficient (Wildman–Crippen LogP) is 3.67. The largest absolute Gasteiger partial charge is 0.292 e. The number of nitrogens with zero attached hydrogens (tertiary/aromatic N) is 2. The minimum Gasteiger partial charge on any atom is -0.292 e. The molecule has 2 aromatic rings. The summed E-state index contributed by atoms with van der Waals surface area (Å²) in [5.74, 6) is 0.867. The van der Waals surface area contributed by atoms with Crippen LogP contribution in [0.4, 0.5) is 0 Å². The summed E-state index contributed by atoms with van der Waals surface area (Å²) in [5.41, 5.74) is 0.968. The molecule has 0 unspecified atom stereocenters. The molecule has 1 aromatic heterocycles. The summed E-state index contributed by atoms with van der Waals surface area (Å²) in [4.78, 5) is 16.3. The first-order valence-electron chi connectivity index (χ1n) is 5.99. The van der Waals surface area contributed by atoms with E-state index in [0.717, 1.165) is 11.4 Å². The normalized spacial score (nSPS) is 11.0. The van der Waals surface area contributed by atoms with E-state index >= 15 is 0 Å². The van der Waals surface area contributed by atoms with Crippen molar-refractivity contribution in [3.8, 4) is 0 Å². The van der Waals surface area contributed by atoms with E-state index < -0.39 is 0 Å². The van der Waals surface area contributed by atoms with Gasteiger partial charge in [-0.25, -0.2) is 4.98 Å². The van der Waals surface area contributed by atoms with Crippen LogP contribution in [0, 0.1) is 3.57 Å². The van der Waals surface area contributed by atoms with E-state index in [-0.39, 0.29) is 16.6 Å². The number of aromatic nitrogens is 2. The third kappa shape index (κ3) is 3.57. The molecular weight excluding hydrogens is 375 g/mol. The van der Waals surface area contributed by atoms with Gasteiger partial charge in [0, 0.05) is 15.6 Å². The molecule has 0 aliphatic heterocycles. The molecule has 0 bridgehead atoms. The van der Waals surface area contributed by atoms with Gasteiger partial charge < -0.3 is 0 Å². The van der Waals surface area contributed by atoms with Gasteiger partial charge in [0.15, 0.2) is 0 Å². The molecule has 19 heavy (non-hydrogen) atoms. The summed E-state index contributed by atoms with van der Waals surface area (Å²) < 4.78 is 2.85. The maximum Gasteiger partial charge on any atom is 0.255 e. The third-order valence-corrected chi connectivity index (χ3v) is 3.69. The van der Waals surface area contributed by atoms with Gasteiger partial charge in [0.1, 0.15) is 11.0 Å². The van der Waals surface area contributed by atoms with Gasteiger partial charge in [-0.15, -0.1) is 0 Å². The quantitative estimate of drug-likeness (QED) is 0.594. The summed E-state index contributed by atoms with van der Waals surface area (Å²) in [6.45, 7) is 4.53. The molecule has 3 nitrogen and oxygen atoms in total. The summed E-state index contributed by atoms with van der Waals surface area (Å²) >= 11 is 8.12. The second-order valence-electron chi connectivity index (χ2n) is 4.64. The number of hydrogen-bond acceptors (Lipinski definition) is 2. The standard InChI is InChI=1S/C14H14ClIN2O/c1-9(2)14-17-12(15)7-13(19)18(14)8-10-3-5-11(16)6-4-10/h3-7,9H,8H2,1-2H3. The van der Waals surface area contributed by atoms with Crippen molar-refractivity contribution in [2.75, 3.05) is 0 Å². The molecule has 0 fully saturated rings.